The number of hydrogen-bond acceptors (Lipinski definition) is 7. The van der Waals surface area contributed by atoms with E-state index in [2.05, 4.69) is 26.3 Å². The molecule has 2 rings (SSSR count). The highest BCUT2D eigenvalue weighted by molar-refractivity contribution is 5.92. The molecule has 0 saturated carbocycles. The number of carbonyl (C=O) groups is 4. The summed E-state index contributed by atoms with van der Waals surface area (Å²) in [5.74, 6) is -1.92. The predicted molar refractivity (Wildman–Crippen MR) is 181 cm³/mol. The number of carbonyl (C=O) groups excluding carboxylic acids is 4. The van der Waals surface area contributed by atoms with E-state index in [9.17, 15) is 24.3 Å². The summed E-state index contributed by atoms with van der Waals surface area (Å²) in [7, 11) is 0. The van der Waals surface area contributed by atoms with E-state index in [0.29, 0.717) is 25.8 Å². The number of nitrogens with two attached hydrogens (primary N) is 2. The molecule has 0 aliphatic rings. The Morgan fingerprint density at radius 3 is 2.11 bits per heavy atom. The van der Waals surface area contributed by atoms with Crippen molar-refractivity contribution in [3.05, 3.63) is 71.8 Å². The second-order valence-corrected chi connectivity index (χ2v) is 11.9. The summed E-state index contributed by atoms with van der Waals surface area (Å²) in [6.07, 6.45) is 0.329. The zero-order chi connectivity index (χ0) is 34.6. The molecule has 13 nitrogen and oxygen atoms in total. The fourth-order valence-electron chi connectivity index (χ4n) is 4.75. The average molecular weight is 654 g/mol. The highest BCUT2D eigenvalue weighted by atomic mass is 16.5. The Balaban J connectivity index is 1.93. The molecule has 4 amide bonds. The quantitative estimate of drug-likeness (QED) is 0.0583. The maximum atomic E-state index is 13.2. The van der Waals surface area contributed by atoms with E-state index >= 15 is 0 Å². The van der Waals surface area contributed by atoms with Gasteiger partial charge in [-0.2, -0.15) is 0 Å². The van der Waals surface area contributed by atoms with Gasteiger partial charge in [0.1, 0.15) is 18.7 Å². The number of hydrogen-bond donors (Lipinski definition) is 7. The molecule has 0 aliphatic carbocycles. The van der Waals surface area contributed by atoms with Gasteiger partial charge < -0.3 is 42.6 Å². The second kappa shape index (κ2) is 21.3. The molecular formula is C34H51N7O6. The first-order valence-corrected chi connectivity index (χ1v) is 16.0. The van der Waals surface area contributed by atoms with Gasteiger partial charge in [0, 0.05) is 13.1 Å². The SMILES string of the molecule is CC(C)C[C@H](NC(=O)[C@H](C)NC(=O)[C@H](CCCN=C(N)N)NC(=O)COCc1ccccc1)[C@@H](O)CC(=O)NCCc1ccccc1. The normalized spacial score (nSPS) is 13.5. The van der Waals surface area contributed by atoms with E-state index < -0.39 is 42.0 Å². The van der Waals surface area contributed by atoms with Crippen molar-refractivity contribution in [1.82, 2.24) is 21.3 Å². The molecule has 9 N–H and O–H groups in total. The molecule has 0 spiro atoms. The largest absolute Gasteiger partial charge is 0.390 e. The number of amides is 4. The highest BCUT2D eigenvalue weighted by Gasteiger charge is 2.29. The number of aliphatic imine (C=N–C) groups is 1. The van der Waals surface area contributed by atoms with E-state index in [1.807, 2.05) is 74.5 Å². The van der Waals surface area contributed by atoms with E-state index in [1.165, 1.54) is 6.92 Å². The molecule has 2 aromatic rings. The van der Waals surface area contributed by atoms with Crippen LogP contribution in [0.3, 0.4) is 0 Å². The Bertz CT molecular complexity index is 1270. The minimum absolute atomic E-state index is 0.0857. The van der Waals surface area contributed by atoms with Crippen molar-refractivity contribution in [2.45, 2.75) is 83.7 Å². The number of rotatable bonds is 21. The van der Waals surface area contributed by atoms with E-state index in [-0.39, 0.29) is 50.4 Å². The van der Waals surface area contributed by atoms with Gasteiger partial charge in [0.2, 0.25) is 23.6 Å². The van der Waals surface area contributed by atoms with Crippen LogP contribution in [-0.2, 0) is 36.9 Å². The number of nitrogens with one attached hydrogen (secondary N) is 4. The minimum atomic E-state index is -1.14. The molecule has 0 radical (unpaired) electrons. The Labute approximate surface area is 277 Å². The number of nitrogens with zero attached hydrogens (tertiary/aromatic N) is 1. The first kappa shape index (κ1) is 38.7. The Morgan fingerprint density at radius 1 is 0.851 bits per heavy atom. The number of benzene rings is 2. The third-order valence-corrected chi connectivity index (χ3v) is 7.18. The van der Waals surface area contributed by atoms with Gasteiger partial charge in [0.15, 0.2) is 5.96 Å². The summed E-state index contributed by atoms with van der Waals surface area (Å²) in [5, 5.41) is 21.8. The predicted octanol–water partition coefficient (Wildman–Crippen LogP) is 0.887. The van der Waals surface area contributed by atoms with Gasteiger partial charge in [0.25, 0.3) is 0 Å². The molecule has 0 fully saturated rings. The van der Waals surface area contributed by atoms with Crippen LogP contribution in [-0.4, -0.2) is 78.6 Å². The standard InChI is InChI=1S/C34H51N7O6/c1-23(2)19-28(29(42)20-30(43)37-18-16-25-11-6-4-7-12-25)41-32(45)24(3)39-33(46)27(15-10-17-38-34(35)36)40-31(44)22-47-21-26-13-8-5-9-14-26/h4-9,11-14,23-24,27-29,42H,10,15-22H2,1-3H3,(H,37,43)(H,39,46)(H,40,44)(H,41,45)(H4,35,36,38)/t24-,27-,28-,29-/m0/s1. The number of guanidine groups is 1. The van der Waals surface area contributed by atoms with Gasteiger partial charge in [0.05, 0.1) is 25.2 Å². The van der Waals surface area contributed by atoms with Crippen LogP contribution in [0.5, 0.6) is 0 Å². The zero-order valence-corrected chi connectivity index (χ0v) is 27.6. The van der Waals surface area contributed by atoms with Crippen LogP contribution in [0.25, 0.3) is 0 Å². The van der Waals surface area contributed by atoms with Gasteiger partial charge >= 0.3 is 0 Å². The Hall–Kier alpha value is -4.49. The van der Waals surface area contributed by atoms with Crippen molar-refractivity contribution >= 4 is 29.6 Å². The number of aliphatic hydroxyl groups is 1. The maximum absolute atomic E-state index is 13.2. The van der Waals surface area contributed by atoms with Crippen LogP contribution in [0.15, 0.2) is 65.7 Å². The van der Waals surface area contributed by atoms with Gasteiger partial charge in [-0.25, -0.2) is 0 Å². The van der Waals surface area contributed by atoms with Gasteiger partial charge in [-0.15, -0.1) is 0 Å². The molecule has 0 aromatic heterocycles. The van der Waals surface area contributed by atoms with E-state index in [4.69, 9.17) is 16.2 Å². The third-order valence-electron chi connectivity index (χ3n) is 7.18. The summed E-state index contributed by atoms with van der Waals surface area (Å²) >= 11 is 0. The summed E-state index contributed by atoms with van der Waals surface area (Å²) in [4.78, 5) is 55.5. The Kier molecular flexibility index (Phi) is 17.6. The molecule has 0 heterocycles. The molecule has 0 unspecified atom stereocenters. The monoisotopic (exact) mass is 653 g/mol. The molecule has 2 aromatic carbocycles. The lowest BCUT2D eigenvalue weighted by Crippen LogP contribution is -2.55. The average Bonchev–Trinajstić information content (AvgIpc) is 3.02. The van der Waals surface area contributed by atoms with Crippen molar-refractivity contribution in [3.8, 4) is 0 Å². The summed E-state index contributed by atoms with van der Waals surface area (Å²) in [6.45, 7) is 6.01. The lowest BCUT2D eigenvalue weighted by atomic mass is 9.96. The van der Waals surface area contributed by atoms with Crippen LogP contribution in [0.4, 0.5) is 0 Å². The van der Waals surface area contributed by atoms with E-state index in [1.54, 1.807) is 0 Å². The van der Waals surface area contributed by atoms with Crippen molar-refractivity contribution in [3.63, 3.8) is 0 Å². The number of ether oxygens (including phenoxy) is 1. The first-order chi connectivity index (χ1) is 22.4. The minimum Gasteiger partial charge on any atom is -0.390 e. The van der Waals surface area contributed by atoms with Crippen molar-refractivity contribution in [2.75, 3.05) is 19.7 Å². The van der Waals surface area contributed by atoms with Crippen LogP contribution in [0, 0.1) is 5.92 Å². The van der Waals surface area contributed by atoms with Crippen LogP contribution >= 0.6 is 0 Å². The van der Waals surface area contributed by atoms with Crippen molar-refractivity contribution in [1.29, 1.82) is 0 Å². The third kappa shape index (κ3) is 16.6. The fraction of sp³-hybridized carbons (Fsp3) is 0.500. The smallest absolute Gasteiger partial charge is 0.246 e. The van der Waals surface area contributed by atoms with Gasteiger partial charge in [-0.1, -0.05) is 74.5 Å². The zero-order valence-electron chi connectivity index (χ0n) is 27.6. The Morgan fingerprint density at radius 2 is 1.49 bits per heavy atom. The summed E-state index contributed by atoms with van der Waals surface area (Å²) < 4.78 is 5.49. The van der Waals surface area contributed by atoms with Gasteiger partial charge in [-0.05, 0) is 49.7 Å². The maximum Gasteiger partial charge on any atom is 0.246 e. The first-order valence-electron chi connectivity index (χ1n) is 16.0. The van der Waals surface area contributed by atoms with Gasteiger partial charge in [-0.3, -0.25) is 24.2 Å². The molecule has 0 aliphatic heterocycles. The summed E-state index contributed by atoms with van der Waals surface area (Å²) in [5.41, 5.74) is 12.8. The second-order valence-electron chi connectivity index (χ2n) is 11.9. The van der Waals surface area contributed by atoms with Crippen molar-refractivity contribution < 1.29 is 29.0 Å². The van der Waals surface area contributed by atoms with Crippen molar-refractivity contribution in [2.24, 2.45) is 22.4 Å². The molecular weight excluding hydrogens is 602 g/mol. The number of aliphatic hydroxyl groups excluding tert-OH is 1. The van der Waals surface area contributed by atoms with Crippen LogP contribution in [0.1, 0.15) is 57.6 Å². The van der Waals surface area contributed by atoms with Crippen LogP contribution < -0.4 is 32.7 Å². The lowest BCUT2D eigenvalue weighted by Gasteiger charge is -2.27. The molecule has 47 heavy (non-hydrogen) atoms. The fourth-order valence-corrected chi connectivity index (χ4v) is 4.75. The molecule has 4 atom stereocenters. The van der Waals surface area contributed by atoms with Crippen LogP contribution in [0.2, 0.25) is 0 Å². The molecule has 13 heteroatoms. The topological polar surface area (TPSA) is 210 Å². The lowest BCUT2D eigenvalue weighted by molar-refractivity contribution is -0.134. The molecule has 258 valence electrons. The van der Waals surface area contributed by atoms with E-state index in [0.717, 1.165) is 11.1 Å². The highest BCUT2D eigenvalue weighted by Crippen LogP contribution is 2.12. The molecule has 0 saturated heterocycles. The summed E-state index contributed by atoms with van der Waals surface area (Å²) in [6, 6.07) is 16.4. The molecule has 0 bridgehead atoms.